The fraction of sp³-hybridized carbons (Fsp3) is 0.190. The first-order valence-corrected chi connectivity index (χ1v) is 10.5. The number of amides is 1. The second kappa shape index (κ2) is 9.76. The van der Waals surface area contributed by atoms with Gasteiger partial charge >= 0.3 is 0 Å². The molecule has 0 saturated carbocycles. The largest absolute Gasteiger partial charge is 0.493 e. The van der Waals surface area contributed by atoms with Crippen LogP contribution in [0.2, 0.25) is 0 Å². The Hall–Kier alpha value is -2.58. The molecule has 3 rings (SSSR count). The van der Waals surface area contributed by atoms with E-state index in [9.17, 15) is 4.79 Å². The maximum Gasteiger partial charge on any atom is 0.250 e. The minimum atomic E-state index is -0.193. The Kier molecular flexibility index (Phi) is 7.11. The summed E-state index contributed by atoms with van der Waals surface area (Å²) in [6.07, 6.45) is 1.56. The van der Waals surface area contributed by atoms with Crippen LogP contribution in [0.4, 0.5) is 0 Å². The quantitative estimate of drug-likeness (QED) is 0.309. The van der Waals surface area contributed by atoms with Crippen molar-refractivity contribution >= 4 is 50.7 Å². The smallest absolute Gasteiger partial charge is 0.250 e. The Bertz CT molecular complexity index is 1070. The number of para-hydroxylation sites is 1. The van der Waals surface area contributed by atoms with Crippen molar-refractivity contribution in [3.63, 3.8) is 0 Å². The molecule has 0 atom stereocenters. The Labute approximate surface area is 181 Å². The molecule has 8 heteroatoms. The van der Waals surface area contributed by atoms with Crippen molar-refractivity contribution < 1.29 is 14.3 Å². The van der Waals surface area contributed by atoms with Crippen LogP contribution >= 0.6 is 27.7 Å². The summed E-state index contributed by atoms with van der Waals surface area (Å²) in [4.78, 5) is 17.8. The van der Waals surface area contributed by atoms with E-state index in [1.165, 1.54) is 11.8 Å². The van der Waals surface area contributed by atoms with Gasteiger partial charge in [-0.3, -0.25) is 9.78 Å². The molecule has 2 aromatic carbocycles. The third-order valence-corrected chi connectivity index (χ3v) is 5.80. The lowest BCUT2D eigenvalue weighted by Crippen LogP contribution is -2.19. The van der Waals surface area contributed by atoms with Crippen LogP contribution in [0.3, 0.4) is 0 Å². The zero-order valence-corrected chi connectivity index (χ0v) is 18.6. The first-order valence-electron chi connectivity index (χ1n) is 8.74. The first kappa shape index (κ1) is 21.1. The van der Waals surface area contributed by atoms with Crippen molar-refractivity contribution in [2.24, 2.45) is 5.10 Å². The molecule has 0 aliphatic rings. The predicted octanol–water partition coefficient (Wildman–Crippen LogP) is 4.57. The number of carbonyl (C=O) groups is 1. The maximum absolute atomic E-state index is 12.2. The van der Waals surface area contributed by atoms with Crippen LogP contribution in [-0.4, -0.2) is 37.1 Å². The normalized spacial score (nSPS) is 11.0. The van der Waals surface area contributed by atoms with E-state index in [0.29, 0.717) is 11.5 Å². The lowest BCUT2D eigenvalue weighted by Gasteiger charge is -2.09. The van der Waals surface area contributed by atoms with Gasteiger partial charge in [-0.2, -0.15) is 5.10 Å². The van der Waals surface area contributed by atoms with Crippen molar-refractivity contribution in [2.45, 2.75) is 11.8 Å². The van der Waals surface area contributed by atoms with Crippen LogP contribution in [0.1, 0.15) is 11.3 Å². The van der Waals surface area contributed by atoms with Gasteiger partial charge in [0.2, 0.25) is 5.91 Å². The highest BCUT2D eigenvalue weighted by Gasteiger charge is 2.09. The number of halogens is 1. The fourth-order valence-corrected chi connectivity index (χ4v) is 4.06. The first-order chi connectivity index (χ1) is 14.0. The molecular weight excluding hydrogens is 454 g/mol. The van der Waals surface area contributed by atoms with Gasteiger partial charge in [0.15, 0.2) is 11.5 Å². The zero-order valence-electron chi connectivity index (χ0n) is 16.2. The molecule has 1 N–H and O–H groups in total. The van der Waals surface area contributed by atoms with Gasteiger partial charge in [0, 0.05) is 26.0 Å². The Balaban J connectivity index is 1.64. The summed E-state index contributed by atoms with van der Waals surface area (Å²) in [6, 6.07) is 13.5. The van der Waals surface area contributed by atoms with E-state index in [4.69, 9.17) is 9.47 Å². The summed E-state index contributed by atoms with van der Waals surface area (Å²) in [6.45, 7) is 1.95. The standard InChI is InChI=1S/C21H20BrN3O3S/c1-13-8-20(15-6-4-5-7-17(15)24-13)29-12-21(26)25-23-11-14-9-18(27-2)19(28-3)10-16(14)22/h4-11H,12H2,1-3H3,(H,25,26)/b23-11+. The van der Waals surface area contributed by atoms with Gasteiger partial charge in [0.05, 0.1) is 31.7 Å². The van der Waals surface area contributed by atoms with Crippen LogP contribution in [0, 0.1) is 6.92 Å². The average Bonchev–Trinajstić information content (AvgIpc) is 2.72. The molecule has 0 unspecified atom stereocenters. The lowest BCUT2D eigenvalue weighted by molar-refractivity contribution is -0.118. The van der Waals surface area contributed by atoms with E-state index in [1.54, 1.807) is 32.6 Å². The molecule has 150 valence electrons. The van der Waals surface area contributed by atoms with Crippen LogP contribution in [0.25, 0.3) is 10.9 Å². The monoisotopic (exact) mass is 473 g/mol. The molecule has 1 aromatic heterocycles. The molecule has 0 bridgehead atoms. The number of thioether (sulfide) groups is 1. The average molecular weight is 474 g/mol. The molecule has 3 aromatic rings. The number of methoxy groups -OCH3 is 2. The summed E-state index contributed by atoms with van der Waals surface area (Å²) in [5.74, 6) is 1.25. The molecule has 0 radical (unpaired) electrons. The minimum absolute atomic E-state index is 0.193. The molecule has 1 heterocycles. The summed E-state index contributed by atoms with van der Waals surface area (Å²) in [5, 5.41) is 5.08. The lowest BCUT2D eigenvalue weighted by atomic mass is 10.2. The van der Waals surface area contributed by atoms with Crippen molar-refractivity contribution in [3.05, 3.63) is 58.2 Å². The second-order valence-electron chi connectivity index (χ2n) is 6.09. The summed E-state index contributed by atoms with van der Waals surface area (Å²) < 4.78 is 11.3. The van der Waals surface area contributed by atoms with Crippen molar-refractivity contribution in [2.75, 3.05) is 20.0 Å². The van der Waals surface area contributed by atoms with E-state index in [1.807, 2.05) is 37.3 Å². The maximum atomic E-state index is 12.2. The topological polar surface area (TPSA) is 72.8 Å². The van der Waals surface area contributed by atoms with E-state index in [2.05, 4.69) is 31.4 Å². The molecule has 29 heavy (non-hydrogen) atoms. The number of benzene rings is 2. The van der Waals surface area contributed by atoms with E-state index in [-0.39, 0.29) is 11.7 Å². The number of rotatable bonds is 7. The number of hydrogen-bond acceptors (Lipinski definition) is 6. The number of aryl methyl sites for hydroxylation is 1. The Morgan fingerprint density at radius 1 is 1.21 bits per heavy atom. The van der Waals surface area contributed by atoms with Gasteiger partial charge in [0.25, 0.3) is 0 Å². The van der Waals surface area contributed by atoms with Crippen molar-refractivity contribution in [1.82, 2.24) is 10.4 Å². The van der Waals surface area contributed by atoms with Gasteiger partial charge < -0.3 is 9.47 Å². The summed E-state index contributed by atoms with van der Waals surface area (Å²) >= 11 is 4.92. The number of hydrazone groups is 1. The molecule has 0 spiro atoms. The van der Waals surface area contributed by atoms with Gasteiger partial charge in [-0.05, 0) is 47.1 Å². The number of fused-ring (bicyclic) bond motifs is 1. The number of nitrogens with zero attached hydrogens (tertiary/aromatic N) is 2. The molecule has 0 aliphatic carbocycles. The number of ether oxygens (including phenoxy) is 2. The van der Waals surface area contributed by atoms with Crippen LogP contribution in [0.15, 0.2) is 56.9 Å². The van der Waals surface area contributed by atoms with E-state index >= 15 is 0 Å². The highest BCUT2D eigenvalue weighted by Crippen LogP contribution is 2.32. The molecule has 1 amide bonds. The summed E-state index contributed by atoms with van der Waals surface area (Å²) in [7, 11) is 3.14. The third kappa shape index (κ3) is 5.27. The fourth-order valence-electron chi connectivity index (χ4n) is 2.71. The summed E-state index contributed by atoms with van der Waals surface area (Å²) in [5.41, 5.74) is 5.16. The minimum Gasteiger partial charge on any atom is -0.493 e. The molecular formula is C21H20BrN3O3S. The van der Waals surface area contributed by atoms with Gasteiger partial charge in [-0.15, -0.1) is 11.8 Å². The van der Waals surface area contributed by atoms with Gasteiger partial charge in [0.1, 0.15) is 0 Å². The Morgan fingerprint density at radius 3 is 2.69 bits per heavy atom. The van der Waals surface area contributed by atoms with Crippen molar-refractivity contribution in [3.8, 4) is 11.5 Å². The Morgan fingerprint density at radius 2 is 1.93 bits per heavy atom. The van der Waals surface area contributed by atoms with Crippen molar-refractivity contribution in [1.29, 1.82) is 0 Å². The number of nitrogens with one attached hydrogen (secondary N) is 1. The molecule has 6 nitrogen and oxygen atoms in total. The van der Waals surface area contributed by atoms with E-state index in [0.717, 1.165) is 31.5 Å². The zero-order chi connectivity index (χ0) is 20.8. The number of aromatic nitrogens is 1. The number of pyridine rings is 1. The van der Waals surface area contributed by atoms with Crippen LogP contribution in [-0.2, 0) is 4.79 Å². The predicted molar refractivity (Wildman–Crippen MR) is 120 cm³/mol. The van der Waals surface area contributed by atoms with E-state index < -0.39 is 0 Å². The van der Waals surface area contributed by atoms with Crippen LogP contribution < -0.4 is 14.9 Å². The van der Waals surface area contributed by atoms with Crippen LogP contribution in [0.5, 0.6) is 11.5 Å². The molecule has 0 saturated heterocycles. The second-order valence-corrected chi connectivity index (χ2v) is 7.96. The highest BCUT2D eigenvalue weighted by molar-refractivity contribution is 9.10. The SMILES string of the molecule is COc1cc(Br)c(/C=N/NC(=O)CSc2cc(C)nc3ccccc23)cc1OC. The van der Waals surface area contributed by atoms with Gasteiger partial charge in [-0.25, -0.2) is 5.43 Å². The number of hydrogen-bond donors (Lipinski definition) is 1. The third-order valence-electron chi connectivity index (χ3n) is 4.06. The van der Waals surface area contributed by atoms with Gasteiger partial charge in [-0.1, -0.05) is 18.2 Å². The molecule has 0 aliphatic heterocycles. The number of carbonyl (C=O) groups excluding carboxylic acids is 1. The highest BCUT2D eigenvalue weighted by atomic mass is 79.9. The molecule has 0 fully saturated rings.